The Bertz CT molecular complexity index is 702. The number of amides is 1. The summed E-state index contributed by atoms with van der Waals surface area (Å²) >= 11 is 0. The normalized spacial score (nSPS) is 21.7. The zero-order chi connectivity index (χ0) is 17.2. The molecule has 25 heavy (non-hydrogen) atoms. The number of nitrogens with zero attached hydrogens (tertiary/aromatic N) is 3. The van der Waals surface area contributed by atoms with Crippen LogP contribution in [0, 0.1) is 5.92 Å². The number of hydrogen-bond acceptors (Lipinski definition) is 3. The van der Waals surface area contributed by atoms with Gasteiger partial charge in [-0.1, -0.05) is 6.92 Å². The van der Waals surface area contributed by atoms with E-state index >= 15 is 0 Å². The van der Waals surface area contributed by atoms with Crippen molar-refractivity contribution in [3.8, 4) is 0 Å². The SMILES string of the molecule is CC1CCN(c2ccc(C(=O)N3CCC[C@H]3c3ccc[nH]3)cn2)CC1. The molecule has 2 aromatic rings. The van der Waals surface area contributed by atoms with Crippen LogP contribution in [0.1, 0.15) is 54.7 Å². The van der Waals surface area contributed by atoms with Gasteiger partial charge in [0, 0.05) is 37.7 Å². The third-order valence-corrected chi connectivity index (χ3v) is 5.60. The topological polar surface area (TPSA) is 52.2 Å². The maximum atomic E-state index is 12.9. The number of likely N-dealkylation sites (tertiary alicyclic amines) is 1. The van der Waals surface area contributed by atoms with Crippen molar-refractivity contribution in [2.75, 3.05) is 24.5 Å². The number of H-pyrrole nitrogens is 1. The first-order valence-electron chi connectivity index (χ1n) is 9.37. The highest BCUT2D eigenvalue weighted by Crippen LogP contribution is 2.32. The number of nitrogens with one attached hydrogen (secondary N) is 1. The van der Waals surface area contributed by atoms with Crippen LogP contribution < -0.4 is 4.90 Å². The van der Waals surface area contributed by atoms with E-state index in [-0.39, 0.29) is 11.9 Å². The molecule has 2 saturated heterocycles. The first-order valence-corrected chi connectivity index (χ1v) is 9.37. The summed E-state index contributed by atoms with van der Waals surface area (Å²) < 4.78 is 0. The van der Waals surface area contributed by atoms with E-state index in [9.17, 15) is 4.79 Å². The Hall–Kier alpha value is -2.30. The fraction of sp³-hybridized carbons (Fsp3) is 0.500. The van der Waals surface area contributed by atoms with Gasteiger partial charge in [0.15, 0.2) is 0 Å². The highest BCUT2D eigenvalue weighted by molar-refractivity contribution is 5.94. The van der Waals surface area contributed by atoms with Gasteiger partial charge in [-0.15, -0.1) is 0 Å². The van der Waals surface area contributed by atoms with Crippen LogP contribution in [-0.4, -0.2) is 40.4 Å². The number of piperidine rings is 1. The van der Waals surface area contributed by atoms with Crippen LogP contribution in [0.4, 0.5) is 5.82 Å². The quantitative estimate of drug-likeness (QED) is 0.930. The predicted octanol–water partition coefficient (Wildman–Crippen LogP) is 3.62. The zero-order valence-corrected chi connectivity index (χ0v) is 14.8. The Kier molecular flexibility index (Phi) is 4.47. The Morgan fingerprint density at radius 2 is 2.00 bits per heavy atom. The van der Waals surface area contributed by atoms with Gasteiger partial charge in [0.2, 0.25) is 0 Å². The summed E-state index contributed by atoms with van der Waals surface area (Å²) in [5, 5.41) is 0. The van der Waals surface area contributed by atoms with Crippen LogP contribution >= 0.6 is 0 Å². The average Bonchev–Trinajstić information content (AvgIpc) is 3.33. The zero-order valence-electron chi connectivity index (χ0n) is 14.8. The molecule has 0 unspecified atom stereocenters. The van der Waals surface area contributed by atoms with Gasteiger partial charge in [0.1, 0.15) is 5.82 Å². The Balaban J connectivity index is 1.47. The number of hydrogen-bond donors (Lipinski definition) is 1. The number of aromatic amines is 1. The maximum Gasteiger partial charge on any atom is 0.255 e. The van der Waals surface area contributed by atoms with E-state index in [0.29, 0.717) is 5.56 Å². The molecule has 1 amide bonds. The largest absolute Gasteiger partial charge is 0.363 e. The van der Waals surface area contributed by atoms with Crippen LogP contribution in [0.25, 0.3) is 0 Å². The van der Waals surface area contributed by atoms with Crippen LogP contribution in [0.2, 0.25) is 0 Å². The van der Waals surface area contributed by atoms with Crippen LogP contribution in [-0.2, 0) is 0 Å². The van der Waals surface area contributed by atoms with Gasteiger partial charge in [0.05, 0.1) is 11.6 Å². The first kappa shape index (κ1) is 16.2. The summed E-state index contributed by atoms with van der Waals surface area (Å²) in [6.07, 6.45) is 8.17. The second kappa shape index (κ2) is 6.90. The van der Waals surface area contributed by atoms with Gasteiger partial charge < -0.3 is 14.8 Å². The molecular weight excluding hydrogens is 312 g/mol. The molecule has 5 heteroatoms. The lowest BCUT2D eigenvalue weighted by Crippen LogP contribution is -2.33. The lowest BCUT2D eigenvalue weighted by molar-refractivity contribution is 0.0733. The lowest BCUT2D eigenvalue weighted by Gasteiger charge is -2.31. The lowest BCUT2D eigenvalue weighted by atomic mass is 9.99. The molecule has 4 rings (SSSR count). The smallest absolute Gasteiger partial charge is 0.255 e. The summed E-state index contributed by atoms with van der Waals surface area (Å²) in [6.45, 7) is 5.24. The fourth-order valence-corrected chi connectivity index (χ4v) is 3.99. The van der Waals surface area contributed by atoms with Gasteiger partial charge in [-0.25, -0.2) is 4.98 Å². The molecule has 2 fully saturated rings. The Morgan fingerprint density at radius 1 is 1.16 bits per heavy atom. The molecule has 0 aromatic carbocycles. The number of pyridine rings is 1. The van der Waals surface area contributed by atoms with Crippen LogP contribution in [0.3, 0.4) is 0 Å². The summed E-state index contributed by atoms with van der Waals surface area (Å²) in [6, 6.07) is 8.15. The fourth-order valence-electron chi connectivity index (χ4n) is 3.99. The van der Waals surface area contributed by atoms with Crippen molar-refractivity contribution in [2.24, 2.45) is 5.92 Å². The minimum Gasteiger partial charge on any atom is -0.363 e. The van der Waals surface area contributed by atoms with E-state index in [1.165, 1.54) is 12.8 Å². The van der Waals surface area contributed by atoms with Gasteiger partial charge in [0.25, 0.3) is 5.91 Å². The minimum atomic E-state index is 0.0865. The van der Waals surface area contributed by atoms with Crippen LogP contribution in [0.5, 0.6) is 0 Å². The van der Waals surface area contributed by atoms with Crippen LogP contribution in [0.15, 0.2) is 36.7 Å². The third-order valence-electron chi connectivity index (χ3n) is 5.60. The molecule has 2 aliphatic rings. The molecule has 0 aliphatic carbocycles. The molecule has 0 saturated carbocycles. The Morgan fingerprint density at radius 3 is 2.68 bits per heavy atom. The number of anilines is 1. The van der Waals surface area contributed by atoms with Gasteiger partial charge >= 0.3 is 0 Å². The van der Waals surface area contributed by atoms with Crippen molar-refractivity contribution in [1.29, 1.82) is 0 Å². The molecule has 0 bridgehead atoms. The number of aromatic nitrogens is 2. The highest BCUT2D eigenvalue weighted by Gasteiger charge is 2.31. The number of carbonyl (C=O) groups excluding carboxylic acids is 1. The molecule has 132 valence electrons. The van der Waals surface area contributed by atoms with E-state index in [2.05, 4.69) is 27.9 Å². The molecular formula is C20H26N4O. The van der Waals surface area contributed by atoms with Gasteiger partial charge in [-0.05, 0) is 55.9 Å². The third kappa shape index (κ3) is 3.28. The highest BCUT2D eigenvalue weighted by atomic mass is 16.2. The molecule has 4 heterocycles. The van der Waals surface area contributed by atoms with E-state index in [1.54, 1.807) is 6.20 Å². The number of carbonyl (C=O) groups is 1. The van der Waals surface area contributed by atoms with E-state index in [4.69, 9.17) is 0 Å². The minimum absolute atomic E-state index is 0.0865. The standard InChI is InChI=1S/C20H26N4O/c1-15-8-12-23(13-9-15)19-7-6-16(14-22-19)20(25)24-11-3-5-18(24)17-4-2-10-21-17/h2,4,6-7,10,14-15,18,21H,3,5,8-9,11-13H2,1H3/t18-/m0/s1. The second-order valence-corrected chi connectivity index (χ2v) is 7.36. The maximum absolute atomic E-state index is 12.9. The molecule has 2 aromatic heterocycles. The molecule has 0 radical (unpaired) electrons. The monoisotopic (exact) mass is 338 g/mol. The molecule has 1 atom stereocenters. The summed E-state index contributed by atoms with van der Waals surface area (Å²) in [5.41, 5.74) is 1.81. The first-order chi connectivity index (χ1) is 12.2. The Labute approximate surface area is 149 Å². The van der Waals surface area contributed by atoms with Crippen molar-refractivity contribution in [1.82, 2.24) is 14.9 Å². The van der Waals surface area contributed by atoms with Gasteiger partial charge in [-0.3, -0.25) is 4.79 Å². The second-order valence-electron chi connectivity index (χ2n) is 7.36. The van der Waals surface area contributed by atoms with Crippen molar-refractivity contribution < 1.29 is 4.79 Å². The van der Waals surface area contributed by atoms with Crippen molar-refractivity contribution in [3.05, 3.63) is 47.9 Å². The molecule has 5 nitrogen and oxygen atoms in total. The summed E-state index contributed by atoms with van der Waals surface area (Å²) in [4.78, 5) is 25.1. The number of rotatable bonds is 3. The average molecular weight is 338 g/mol. The van der Waals surface area contributed by atoms with Crippen molar-refractivity contribution in [3.63, 3.8) is 0 Å². The van der Waals surface area contributed by atoms with Crippen molar-refractivity contribution >= 4 is 11.7 Å². The summed E-state index contributed by atoms with van der Waals surface area (Å²) in [5.74, 6) is 1.88. The summed E-state index contributed by atoms with van der Waals surface area (Å²) in [7, 11) is 0. The van der Waals surface area contributed by atoms with E-state index < -0.39 is 0 Å². The molecule has 1 N–H and O–H groups in total. The van der Waals surface area contributed by atoms with Gasteiger partial charge in [-0.2, -0.15) is 0 Å². The van der Waals surface area contributed by atoms with E-state index in [0.717, 1.165) is 49.9 Å². The van der Waals surface area contributed by atoms with E-state index in [1.807, 2.05) is 29.3 Å². The molecule has 0 spiro atoms. The predicted molar refractivity (Wildman–Crippen MR) is 98.7 cm³/mol. The molecule has 2 aliphatic heterocycles. The van der Waals surface area contributed by atoms with Crippen molar-refractivity contribution in [2.45, 2.75) is 38.6 Å².